The Hall–Kier alpha value is -0.920. The van der Waals surface area contributed by atoms with Gasteiger partial charge >= 0.3 is 0 Å². The number of likely N-dealkylation sites (tertiary alicyclic amines) is 1. The lowest BCUT2D eigenvalue weighted by Crippen LogP contribution is -2.38. The summed E-state index contributed by atoms with van der Waals surface area (Å²) < 4.78 is 0.816. The highest BCUT2D eigenvalue weighted by atomic mass is 79.9. The SMILES string of the molecule is O=C(c1cc2c(Br)[nH]nc2s1)N1CCC(CO)CC1. The number of hydrogen-bond donors (Lipinski definition) is 2. The van der Waals surface area contributed by atoms with Gasteiger partial charge < -0.3 is 10.0 Å². The minimum atomic E-state index is 0.0753. The van der Waals surface area contributed by atoms with Gasteiger partial charge in [0.1, 0.15) is 9.43 Å². The predicted molar refractivity (Wildman–Crippen MR) is 77.4 cm³/mol. The first kappa shape index (κ1) is 13.1. The maximum Gasteiger partial charge on any atom is 0.264 e. The van der Waals surface area contributed by atoms with Crippen molar-refractivity contribution >= 4 is 43.4 Å². The van der Waals surface area contributed by atoms with Gasteiger partial charge in [-0.05, 0) is 40.8 Å². The third-order valence-corrected chi connectivity index (χ3v) is 5.20. The fraction of sp³-hybridized carbons (Fsp3) is 0.500. The van der Waals surface area contributed by atoms with E-state index < -0.39 is 0 Å². The number of amides is 1. The van der Waals surface area contributed by atoms with E-state index in [1.165, 1.54) is 11.3 Å². The predicted octanol–water partition coefficient (Wildman–Crippen LogP) is 2.23. The first-order chi connectivity index (χ1) is 9.19. The molecular formula is C12H14BrN3O2S. The Morgan fingerprint density at radius 1 is 1.58 bits per heavy atom. The van der Waals surface area contributed by atoms with E-state index in [0.29, 0.717) is 5.92 Å². The number of H-pyrrole nitrogens is 1. The number of rotatable bonds is 2. The van der Waals surface area contributed by atoms with Gasteiger partial charge in [0, 0.05) is 25.1 Å². The molecule has 5 nitrogen and oxygen atoms in total. The molecule has 1 fully saturated rings. The fourth-order valence-electron chi connectivity index (χ4n) is 2.36. The van der Waals surface area contributed by atoms with E-state index in [1.54, 1.807) is 0 Å². The molecule has 1 saturated heterocycles. The summed E-state index contributed by atoms with van der Waals surface area (Å²) in [6, 6.07) is 1.88. The summed E-state index contributed by atoms with van der Waals surface area (Å²) in [6.07, 6.45) is 1.77. The lowest BCUT2D eigenvalue weighted by atomic mass is 9.98. The van der Waals surface area contributed by atoms with Crippen molar-refractivity contribution in [2.75, 3.05) is 19.7 Å². The van der Waals surface area contributed by atoms with Crippen LogP contribution in [0, 0.1) is 5.92 Å². The number of aromatic amines is 1. The summed E-state index contributed by atoms with van der Waals surface area (Å²) in [6.45, 7) is 1.68. The second kappa shape index (κ2) is 5.22. The summed E-state index contributed by atoms with van der Waals surface area (Å²) >= 11 is 4.79. The largest absolute Gasteiger partial charge is 0.396 e. The van der Waals surface area contributed by atoms with Crippen LogP contribution in [0.15, 0.2) is 10.7 Å². The number of carbonyl (C=O) groups is 1. The first-order valence-electron chi connectivity index (χ1n) is 6.22. The highest BCUT2D eigenvalue weighted by molar-refractivity contribution is 9.10. The van der Waals surface area contributed by atoms with Gasteiger partial charge in [-0.15, -0.1) is 11.3 Å². The van der Waals surface area contributed by atoms with Crippen molar-refractivity contribution < 1.29 is 9.90 Å². The van der Waals surface area contributed by atoms with Crippen LogP contribution in [0.4, 0.5) is 0 Å². The molecule has 0 radical (unpaired) electrons. The molecule has 19 heavy (non-hydrogen) atoms. The van der Waals surface area contributed by atoms with E-state index in [2.05, 4.69) is 26.1 Å². The molecule has 7 heteroatoms. The van der Waals surface area contributed by atoms with Gasteiger partial charge in [-0.2, -0.15) is 5.10 Å². The van der Waals surface area contributed by atoms with E-state index in [4.69, 9.17) is 5.11 Å². The zero-order valence-electron chi connectivity index (χ0n) is 10.2. The third-order valence-electron chi connectivity index (χ3n) is 3.58. The molecule has 102 valence electrons. The highest BCUT2D eigenvalue weighted by Gasteiger charge is 2.25. The maximum atomic E-state index is 12.4. The molecule has 2 aromatic heterocycles. The van der Waals surface area contributed by atoms with Crippen molar-refractivity contribution in [3.05, 3.63) is 15.5 Å². The molecule has 0 aromatic carbocycles. The molecule has 1 aliphatic rings. The van der Waals surface area contributed by atoms with E-state index in [0.717, 1.165) is 45.6 Å². The molecule has 2 N–H and O–H groups in total. The molecule has 3 heterocycles. The molecule has 0 aliphatic carbocycles. The molecular weight excluding hydrogens is 330 g/mol. The third kappa shape index (κ3) is 2.42. The van der Waals surface area contributed by atoms with Gasteiger partial charge in [0.05, 0.1) is 4.88 Å². The van der Waals surface area contributed by atoms with Gasteiger partial charge in [-0.1, -0.05) is 0 Å². The zero-order valence-corrected chi connectivity index (χ0v) is 12.6. The second-order valence-electron chi connectivity index (χ2n) is 4.79. The Balaban J connectivity index is 1.76. The van der Waals surface area contributed by atoms with E-state index >= 15 is 0 Å². The van der Waals surface area contributed by atoms with Crippen molar-refractivity contribution in [1.29, 1.82) is 0 Å². The number of aliphatic hydroxyl groups excluding tert-OH is 1. The standard InChI is InChI=1S/C12H14BrN3O2S/c13-10-8-5-9(19-11(8)15-14-10)12(18)16-3-1-7(6-17)2-4-16/h5,7,17H,1-4,6H2,(H,14,15). The maximum absolute atomic E-state index is 12.4. The Morgan fingerprint density at radius 3 is 2.95 bits per heavy atom. The van der Waals surface area contributed by atoms with Gasteiger partial charge in [-0.3, -0.25) is 9.89 Å². The zero-order chi connectivity index (χ0) is 13.4. The van der Waals surface area contributed by atoms with Crippen LogP contribution in [-0.2, 0) is 0 Å². The van der Waals surface area contributed by atoms with Crippen molar-refractivity contribution in [2.45, 2.75) is 12.8 Å². The number of halogens is 1. The lowest BCUT2D eigenvalue weighted by Gasteiger charge is -2.30. The van der Waals surface area contributed by atoms with Crippen LogP contribution in [-0.4, -0.2) is 45.8 Å². The number of thiophene rings is 1. The lowest BCUT2D eigenvalue weighted by molar-refractivity contribution is 0.0655. The molecule has 2 aromatic rings. The summed E-state index contributed by atoms with van der Waals surface area (Å²) in [7, 11) is 0. The molecule has 0 atom stereocenters. The van der Waals surface area contributed by atoms with Gasteiger partial charge in [-0.25, -0.2) is 0 Å². The molecule has 3 rings (SSSR count). The van der Waals surface area contributed by atoms with Crippen molar-refractivity contribution in [2.24, 2.45) is 5.92 Å². The second-order valence-corrected chi connectivity index (χ2v) is 6.61. The monoisotopic (exact) mass is 343 g/mol. The van der Waals surface area contributed by atoms with Crippen LogP contribution in [0.5, 0.6) is 0 Å². The van der Waals surface area contributed by atoms with E-state index in [1.807, 2.05) is 11.0 Å². The van der Waals surface area contributed by atoms with Crippen molar-refractivity contribution in [3.8, 4) is 0 Å². The summed E-state index contributed by atoms with van der Waals surface area (Å²) in [5.41, 5.74) is 0. The summed E-state index contributed by atoms with van der Waals surface area (Å²) in [5, 5.41) is 17.0. The van der Waals surface area contributed by atoms with Crippen LogP contribution in [0.25, 0.3) is 10.2 Å². The quantitative estimate of drug-likeness (QED) is 0.878. The molecule has 1 amide bonds. The number of piperidine rings is 1. The molecule has 0 saturated carbocycles. The van der Waals surface area contributed by atoms with Crippen LogP contribution in [0.1, 0.15) is 22.5 Å². The van der Waals surface area contributed by atoms with Gasteiger partial charge in [0.25, 0.3) is 5.91 Å². The number of fused-ring (bicyclic) bond motifs is 1. The number of aromatic nitrogens is 2. The topological polar surface area (TPSA) is 69.2 Å². The number of nitrogens with zero attached hydrogens (tertiary/aromatic N) is 2. The number of nitrogens with one attached hydrogen (secondary N) is 1. The highest BCUT2D eigenvalue weighted by Crippen LogP contribution is 2.30. The van der Waals surface area contributed by atoms with Crippen molar-refractivity contribution in [1.82, 2.24) is 15.1 Å². The fourth-order valence-corrected chi connectivity index (χ4v) is 3.85. The van der Waals surface area contributed by atoms with Crippen molar-refractivity contribution in [3.63, 3.8) is 0 Å². The molecule has 1 aliphatic heterocycles. The van der Waals surface area contributed by atoms with Crippen LogP contribution >= 0.6 is 27.3 Å². The van der Waals surface area contributed by atoms with Crippen LogP contribution in [0.2, 0.25) is 0 Å². The molecule has 0 spiro atoms. The Labute approximate surface area is 122 Å². The van der Waals surface area contributed by atoms with Gasteiger partial charge in [0.2, 0.25) is 0 Å². The van der Waals surface area contributed by atoms with E-state index in [-0.39, 0.29) is 12.5 Å². The van der Waals surface area contributed by atoms with Crippen LogP contribution < -0.4 is 0 Å². The smallest absolute Gasteiger partial charge is 0.264 e. The number of carbonyl (C=O) groups excluding carboxylic acids is 1. The number of aliphatic hydroxyl groups is 1. The molecule has 0 unspecified atom stereocenters. The average Bonchev–Trinajstić information content (AvgIpc) is 3.01. The minimum Gasteiger partial charge on any atom is -0.396 e. The summed E-state index contributed by atoms with van der Waals surface area (Å²) in [4.78, 5) is 15.8. The normalized spacial score (nSPS) is 17.3. The molecule has 0 bridgehead atoms. The van der Waals surface area contributed by atoms with Crippen LogP contribution in [0.3, 0.4) is 0 Å². The Bertz CT molecular complexity index is 601. The minimum absolute atomic E-state index is 0.0753. The summed E-state index contributed by atoms with van der Waals surface area (Å²) in [5.74, 6) is 0.422. The average molecular weight is 344 g/mol. The number of hydrogen-bond acceptors (Lipinski definition) is 4. The Morgan fingerprint density at radius 2 is 2.32 bits per heavy atom. The Kier molecular flexibility index (Phi) is 3.60. The van der Waals surface area contributed by atoms with Gasteiger partial charge in [0.15, 0.2) is 0 Å². The first-order valence-corrected chi connectivity index (χ1v) is 7.83. The van der Waals surface area contributed by atoms with E-state index in [9.17, 15) is 4.79 Å².